The average Bonchev–Trinajstić information content (AvgIpc) is 3.50. The Balaban J connectivity index is 1.69. The van der Waals surface area contributed by atoms with Gasteiger partial charge in [-0.05, 0) is 54.8 Å². The summed E-state index contributed by atoms with van der Waals surface area (Å²) >= 11 is 0. The van der Waals surface area contributed by atoms with Gasteiger partial charge in [-0.1, -0.05) is 44.2 Å². The highest BCUT2D eigenvalue weighted by Gasteiger charge is 2.48. The summed E-state index contributed by atoms with van der Waals surface area (Å²) in [7, 11) is 1.53. The van der Waals surface area contributed by atoms with Crippen molar-refractivity contribution in [2.45, 2.75) is 26.8 Å². The maximum absolute atomic E-state index is 13.6. The number of fused-ring (bicyclic) bond motifs is 1. The van der Waals surface area contributed by atoms with Crippen LogP contribution in [0, 0.1) is 5.92 Å². The third kappa shape index (κ3) is 4.98. The molecule has 0 radical (unpaired) electrons. The molecule has 9 nitrogen and oxygen atoms in total. The number of methoxy groups -OCH3 is 1. The van der Waals surface area contributed by atoms with Crippen LogP contribution in [0.5, 0.6) is 17.2 Å². The Bertz CT molecular complexity index is 1570. The molecule has 0 aliphatic carbocycles. The summed E-state index contributed by atoms with van der Waals surface area (Å²) in [5, 5.41) is 11.6. The monoisotopic (exact) mass is 541 g/mol. The van der Waals surface area contributed by atoms with E-state index in [0.717, 1.165) is 0 Å². The molecule has 3 aromatic carbocycles. The molecule has 9 heteroatoms. The summed E-state index contributed by atoms with van der Waals surface area (Å²) in [4.78, 5) is 36.2. The molecule has 40 heavy (non-hydrogen) atoms. The molecule has 1 aliphatic heterocycles. The smallest absolute Gasteiger partial charge is 0.302 e. The minimum Gasteiger partial charge on any atom is -0.507 e. The Kier molecular flexibility index (Phi) is 7.46. The maximum Gasteiger partial charge on any atom is 0.302 e. The molecule has 1 atom stereocenters. The highest BCUT2D eigenvalue weighted by Crippen LogP contribution is 2.44. The molecule has 2 heterocycles. The van der Waals surface area contributed by atoms with E-state index in [1.54, 1.807) is 42.5 Å². The van der Waals surface area contributed by atoms with Crippen LogP contribution in [0.2, 0.25) is 0 Å². The Labute approximate surface area is 232 Å². The first-order chi connectivity index (χ1) is 19.3. The fourth-order valence-electron chi connectivity index (χ4n) is 4.70. The van der Waals surface area contributed by atoms with Crippen molar-refractivity contribution in [3.05, 3.63) is 83.4 Å². The van der Waals surface area contributed by atoms with E-state index in [4.69, 9.17) is 14.2 Å². The quantitative estimate of drug-likeness (QED) is 0.160. The number of nitrogens with one attached hydrogen (secondary N) is 1. The third-order valence-corrected chi connectivity index (χ3v) is 6.54. The van der Waals surface area contributed by atoms with Gasteiger partial charge in [-0.2, -0.15) is 0 Å². The number of aliphatic hydroxyl groups excluding tert-OH is 1. The molecule has 2 N–H and O–H groups in total. The molecule has 206 valence electrons. The maximum atomic E-state index is 13.6. The van der Waals surface area contributed by atoms with Gasteiger partial charge in [0, 0.05) is 5.56 Å². The van der Waals surface area contributed by atoms with Crippen molar-refractivity contribution >= 4 is 34.4 Å². The molecule has 1 saturated heterocycles. The van der Waals surface area contributed by atoms with E-state index in [1.165, 1.54) is 12.0 Å². The van der Waals surface area contributed by atoms with Gasteiger partial charge in [0.1, 0.15) is 11.5 Å². The number of rotatable bonds is 9. The number of carbonyl (C=O) groups excluding carboxylic acids is 2. The van der Waals surface area contributed by atoms with E-state index < -0.39 is 17.7 Å². The lowest BCUT2D eigenvalue weighted by Crippen LogP contribution is -2.30. The number of imidazole rings is 1. The second kappa shape index (κ2) is 11.1. The number of carbonyl (C=O) groups is 2. The van der Waals surface area contributed by atoms with Gasteiger partial charge < -0.3 is 24.3 Å². The topological polar surface area (TPSA) is 114 Å². The largest absolute Gasteiger partial charge is 0.507 e. The van der Waals surface area contributed by atoms with E-state index in [0.29, 0.717) is 58.5 Å². The van der Waals surface area contributed by atoms with Crippen LogP contribution >= 0.6 is 0 Å². The molecule has 0 saturated carbocycles. The molecule has 0 spiro atoms. The minimum absolute atomic E-state index is 0.0703. The van der Waals surface area contributed by atoms with Gasteiger partial charge in [0.05, 0.1) is 43.0 Å². The van der Waals surface area contributed by atoms with Gasteiger partial charge in [0.2, 0.25) is 5.95 Å². The van der Waals surface area contributed by atoms with Gasteiger partial charge in [0.25, 0.3) is 5.78 Å². The minimum atomic E-state index is -0.995. The predicted molar refractivity (Wildman–Crippen MR) is 152 cm³/mol. The molecule has 1 aliphatic rings. The van der Waals surface area contributed by atoms with Crippen LogP contribution in [0.3, 0.4) is 0 Å². The molecular formula is C31H31N3O6. The molecule has 1 aromatic heterocycles. The number of hydrogen-bond donors (Lipinski definition) is 2. The number of aromatic nitrogens is 2. The fourth-order valence-corrected chi connectivity index (χ4v) is 4.70. The standard InChI is InChI=1S/C31H31N3O6/c1-5-39-25-16-19(13-14-24(25)38-4)27-26(28(35)20-9-8-10-21(15-20)40-17-18(2)3)29(36)30(37)34(27)31-32-22-11-6-7-12-23(22)33-31/h6-16,18,27,35H,5,17H2,1-4H3,(H,32,33)/b28-26+. The van der Waals surface area contributed by atoms with Gasteiger partial charge in [-0.3, -0.25) is 14.5 Å². The van der Waals surface area contributed by atoms with E-state index in [9.17, 15) is 14.7 Å². The van der Waals surface area contributed by atoms with Gasteiger partial charge >= 0.3 is 5.91 Å². The lowest BCUT2D eigenvalue weighted by Gasteiger charge is -2.24. The van der Waals surface area contributed by atoms with E-state index in [2.05, 4.69) is 9.97 Å². The summed E-state index contributed by atoms with van der Waals surface area (Å²) in [6.07, 6.45) is 0. The number of anilines is 1. The zero-order chi connectivity index (χ0) is 28.4. The zero-order valence-electron chi connectivity index (χ0n) is 22.8. The van der Waals surface area contributed by atoms with Gasteiger partial charge in [-0.15, -0.1) is 0 Å². The van der Waals surface area contributed by atoms with E-state index in [-0.39, 0.29) is 17.3 Å². The van der Waals surface area contributed by atoms with Crippen LogP contribution < -0.4 is 19.1 Å². The lowest BCUT2D eigenvalue weighted by molar-refractivity contribution is -0.132. The number of ketones is 1. The first-order valence-electron chi connectivity index (χ1n) is 13.1. The first kappa shape index (κ1) is 26.8. The summed E-state index contributed by atoms with van der Waals surface area (Å²) in [5.41, 5.74) is 2.17. The number of benzene rings is 3. The second-order valence-corrected chi connectivity index (χ2v) is 9.82. The Hall–Kier alpha value is -4.79. The van der Waals surface area contributed by atoms with Crippen molar-refractivity contribution in [1.29, 1.82) is 0 Å². The normalized spacial score (nSPS) is 16.6. The number of aromatic amines is 1. The van der Waals surface area contributed by atoms with Crippen molar-refractivity contribution in [2.24, 2.45) is 5.92 Å². The lowest BCUT2D eigenvalue weighted by atomic mass is 9.95. The first-order valence-corrected chi connectivity index (χ1v) is 13.1. The van der Waals surface area contributed by atoms with E-state index in [1.807, 2.05) is 45.0 Å². The SMILES string of the molecule is CCOc1cc(C2/C(=C(\O)c3cccc(OCC(C)C)c3)C(=O)C(=O)N2c2nc3ccccc3[nH]2)ccc1OC. The van der Waals surface area contributed by atoms with Gasteiger partial charge in [-0.25, -0.2) is 4.98 Å². The van der Waals surface area contributed by atoms with Crippen LogP contribution in [-0.2, 0) is 9.59 Å². The third-order valence-electron chi connectivity index (χ3n) is 6.54. The summed E-state index contributed by atoms with van der Waals surface area (Å²) < 4.78 is 17.1. The van der Waals surface area contributed by atoms with Crippen LogP contribution in [-0.4, -0.2) is 47.1 Å². The van der Waals surface area contributed by atoms with Crippen molar-refractivity contribution in [3.8, 4) is 17.2 Å². The molecule has 4 aromatic rings. The van der Waals surface area contributed by atoms with Gasteiger partial charge in [0.15, 0.2) is 11.5 Å². The van der Waals surface area contributed by atoms with E-state index >= 15 is 0 Å². The predicted octanol–water partition coefficient (Wildman–Crippen LogP) is 5.63. The molecule has 1 fully saturated rings. The Morgan fingerprint density at radius 2 is 1.82 bits per heavy atom. The molecule has 0 bridgehead atoms. The van der Waals surface area contributed by atoms with Crippen molar-refractivity contribution < 1.29 is 28.9 Å². The number of amides is 1. The molecule has 1 unspecified atom stereocenters. The van der Waals surface area contributed by atoms with Crippen molar-refractivity contribution in [3.63, 3.8) is 0 Å². The molecule has 5 rings (SSSR count). The number of H-pyrrole nitrogens is 1. The summed E-state index contributed by atoms with van der Waals surface area (Å²) in [5.74, 6) is 0.0330. The highest BCUT2D eigenvalue weighted by atomic mass is 16.5. The van der Waals surface area contributed by atoms with Crippen LogP contribution in [0.4, 0.5) is 5.95 Å². The average molecular weight is 542 g/mol. The summed E-state index contributed by atoms with van der Waals surface area (Å²) in [6.45, 7) is 6.80. The molecule has 1 amide bonds. The number of aliphatic hydroxyl groups is 1. The number of nitrogens with zero attached hydrogens (tertiary/aromatic N) is 2. The van der Waals surface area contributed by atoms with Crippen molar-refractivity contribution in [2.75, 3.05) is 25.2 Å². The fraction of sp³-hybridized carbons (Fsp3) is 0.258. The summed E-state index contributed by atoms with van der Waals surface area (Å²) in [6, 6.07) is 18.3. The second-order valence-electron chi connectivity index (χ2n) is 9.82. The van der Waals surface area contributed by atoms with Crippen LogP contribution in [0.25, 0.3) is 16.8 Å². The highest BCUT2D eigenvalue weighted by molar-refractivity contribution is 6.51. The number of para-hydroxylation sites is 2. The molecular weight excluding hydrogens is 510 g/mol. The number of ether oxygens (including phenoxy) is 3. The number of hydrogen-bond acceptors (Lipinski definition) is 7. The Morgan fingerprint density at radius 3 is 2.55 bits per heavy atom. The van der Waals surface area contributed by atoms with Crippen molar-refractivity contribution in [1.82, 2.24) is 9.97 Å². The zero-order valence-corrected chi connectivity index (χ0v) is 22.8. The number of Topliss-reactive ketones (excluding diaryl/α,β-unsaturated/α-hetero) is 1. The van der Waals surface area contributed by atoms with Crippen LogP contribution in [0.15, 0.2) is 72.3 Å². The Morgan fingerprint density at radius 1 is 1.02 bits per heavy atom. The van der Waals surface area contributed by atoms with Crippen LogP contribution in [0.1, 0.15) is 37.9 Å².